The Morgan fingerprint density at radius 3 is 3.05 bits per heavy atom. The van der Waals surface area contributed by atoms with E-state index in [-0.39, 0.29) is 11.9 Å². The van der Waals surface area contributed by atoms with Crippen molar-refractivity contribution in [2.24, 2.45) is 0 Å². The first kappa shape index (κ1) is 13.7. The van der Waals surface area contributed by atoms with E-state index in [1.165, 1.54) is 11.6 Å². The molecular formula is C16H18FNOS. The summed E-state index contributed by atoms with van der Waals surface area (Å²) in [6.07, 6.45) is 1.92. The van der Waals surface area contributed by atoms with Crippen molar-refractivity contribution in [2.45, 2.75) is 31.4 Å². The van der Waals surface area contributed by atoms with Crippen molar-refractivity contribution >= 4 is 11.3 Å². The summed E-state index contributed by atoms with van der Waals surface area (Å²) in [4.78, 5) is 0.947. The molecule has 4 heteroatoms. The third kappa shape index (κ3) is 2.64. The Labute approximate surface area is 122 Å². The highest BCUT2D eigenvalue weighted by Gasteiger charge is 2.28. The van der Waals surface area contributed by atoms with Gasteiger partial charge in [-0.15, -0.1) is 11.3 Å². The number of benzene rings is 1. The van der Waals surface area contributed by atoms with E-state index in [0.717, 1.165) is 23.3 Å². The number of aliphatic hydroxyl groups is 1. The molecule has 2 unspecified atom stereocenters. The minimum Gasteiger partial charge on any atom is -0.383 e. The number of hydrogen-bond donors (Lipinski definition) is 2. The molecule has 106 valence electrons. The molecule has 1 aromatic heterocycles. The Bertz CT molecular complexity index is 595. The van der Waals surface area contributed by atoms with Crippen molar-refractivity contribution in [2.75, 3.05) is 6.54 Å². The zero-order valence-corrected chi connectivity index (χ0v) is 12.2. The second kappa shape index (κ2) is 5.28. The molecule has 1 aliphatic rings. The molecule has 0 bridgehead atoms. The zero-order valence-electron chi connectivity index (χ0n) is 11.4. The lowest BCUT2D eigenvalue weighted by Crippen LogP contribution is -2.36. The molecule has 2 aromatic rings. The second-order valence-corrected chi connectivity index (χ2v) is 6.51. The normalized spacial score (nSPS) is 20.6. The number of rotatable bonds is 4. The first-order valence-corrected chi connectivity index (χ1v) is 7.72. The average Bonchev–Trinajstić information content (AvgIpc) is 3.06. The predicted octanol–water partition coefficient (Wildman–Crippen LogP) is 3.37. The van der Waals surface area contributed by atoms with Crippen molar-refractivity contribution in [3.63, 3.8) is 0 Å². The van der Waals surface area contributed by atoms with Gasteiger partial charge in [0.25, 0.3) is 0 Å². The van der Waals surface area contributed by atoms with Gasteiger partial charge >= 0.3 is 0 Å². The highest BCUT2D eigenvalue weighted by Crippen LogP contribution is 2.33. The van der Waals surface area contributed by atoms with Crippen LogP contribution in [0.2, 0.25) is 0 Å². The number of fused-ring (bicyclic) bond motifs is 1. The minimum atomic E-state index is -0.885. The molecule has 0 spiro atoms. The summed E-state index contributed by atoms with van der Waals surface area (Å²) in [5.41, 5.74) is 1.36. The lowest BCUT2D eigenvalue weighted by atomic mass is 10.0. The molecule has 0 amide bonds. The molecule has 0 radical (unpaired) electrons. The van der Waals surface area contributed by atoms with Crippen LogP contribution in [0.5, 0.6) is 0 Å². The Morgan fingerprint density at radius 2 is 2.30 bits per heavy atom. The van der Waals surface area contributed by atoms with Crippen LogP contribution in [0, 0.1) is 5.82 Å². The van der Waals surface area contributed by atoms with Gasteiger partial charge in [0.2, 0.25) is 0 Å². The van der Waals surface area contributed by atoms with Gasteiger partial charge in [-0.3, -0.25) is 0 Å². The van der Waals surface area contributed by atoms with Gasteiger partial charge in [-0.05, 0) is 54.5 Å². The fourth-order valence-corrected chi connectivity index (χ4v) is 3.57. The standard InChI is InChI=1S/C16H18FNOS/c1-16(19,15-3-2-8-20-15)10-18-14-7-5-11-4-6-12(17)9-13(11)14/h2-4,6,8-9,14,18-19H,5,7,10H2,1H3. The summed E-state index contributed by atoms with van der Waals surface area (Å²) in [6, 6.07) is 9.00. The highest BCUT2D eigenvalue weighted by atomic mass is 32.1. The van der Waals surface area contributed by atoms with E-state index in [9.17, 15) is 9.50 Å². The molecule has 0 fully saturated rings. The first-order chi connectivity index (χ1) is 9.56. The van der Waals surface area contributed by atoms with E-state index in [2.05, 4.69) is 5.32 Å². The molecular weight excluding hydrogens is 273 g/mol. The Kier molecular flexibility index (Phi) is 3.63. The zero-order chi connectivity index (χ0) is 14.2. The van der Waals surface area contributed by atoms with E-state index in [1.807, 2.05) is 30.5 Å². The molecule has 20 heavy (non-hydrogen) atoms. The van der Waals surface area contributed by atoms with Crippen LogP contribution in [0.1, 0.15) is 35.4 Å². The van der Waals surface area contributed by atoms with E-state index in [0.29, 0.717) is 6.54 Å². The summed E-state index contributed by atoms with van der Waals surface area (Å²) in [5, 5.41) is 15.9. The number of hydrogen-bond acceptors (Lipinski definition) is 3. The molecule has 1 heterocycles. The van der Waals surface area contributed by atoms with Gasteiger partial charge < -0.3 is 10.4 Å². The van der Waals surface area contributed by atoms with Crippen molar-refractivity contribution in [3.05, 3.63) is 57.5 Å². The molecule has 0 aliphatic heterocycles. The Morgan fingerprint density at radius 1 is 1.45 bits per heavy atom. The quantitative estimate of drug-likeness (QED) is 0.905. The molecule has 2 atom stereocenters. The topological polar surface area (TPSA) is 32.3 Å². The van der Waals surface area contributed by atoms with Crippen molar-refractivity contribution in [1.29, 1.82) is 0 Å². The van der Waals surface area contributed by atoms with Crippen molar-refractivity contribution < 1.29 is 9.50 Å². The summed E-state index contributed by atoms with van der Waals surface area (Å²) < 4.78 is 13.4. The Balaban J connectivity index is 1.70. The molecule has 0 saturated heterocycles. The molecule has 2 N–H and O–H groups in total. The number of aryl methyl sites for hydroxylation is 1. The van der Waals surface area contributed by atoms with Crippen molar-refractivity contribution in [1.82, 2.24) is 5.32 Å². The van der Waals surface area contributed by atoms with Gasteiger partial charge in [-0.25, -0.2) is 4.39 Å². The smallest absolute Gasteiger partial charge is 0.123 e. The van der Waals surface area contributed by atoms with Crippen LogP contribution in [-0.4, -0.2) is 11.7 Å². The fourth-order valence-electron chi connectivity index (χ4n) is 2.78. The largest absolute Gasteiger partial charge is 0.383 e. The Hall–Kier alpha value is -1.23. The summed E-state index contributed by atoms with van der Waals surface area (Å²) in [5.74, 6) is -0.192. The average molecular weight is 291 g/mol. The third-order valence-corrected chi connectivity index (χ3v) is 5.05. The van der Waals surface area contributed by atoms with E-state index in [1.54, 1.807) is 17.4 Å². The molecule has 1 aliphatic carbocycles. The van der Waals surface area contributed by atoms with E-state index in [4.69, 9.17) is 0 Å². The maximum atomic E-state index is 13.4. The molecule has 2 nitrogen and oxygen atoms in total. The lowest BCUT2D eigenvalue weighted by Gasteiger charge is -2.25. The predicted molar refractivity (Wildman–Crippen MR) is 79.4 cm³/mol. The van der Waals surface area contributed by atoms with Gasteiger partial charge in [-0.1, -0.05) is 12.1 Å². The first-order valence-electron chi connectivity index (χ1n) is 6.84. The monoisotopic (exact) mass is 291 g/mol. The van der Waals surface area contributed by atoms with Crippen LogP contribution in [-0.2, 0) is 12.0 Å². The summed E-state index contributed by atoms with van der Waals surface area (Å²) in [7, 11) is 0. The van der Waals surface area contributed by atoms with Crippen LogP contribution in [0.25, 0.3) is 0 Å². The number of halogens is 1. The SMILES string of the molecule is CC(O)(CNC1CCc2ccc(F)cc21)c1cccs1. The third-order valence-electron chi connectivity index (χ3n) is 3.93. The maximum Gasteiger partial charge on any atom is 0.123 e. The van der Waals surface area contributed by atoms with Gasteiger partial charge in [0.15, 0.2) is 0 Å². The van der Waals surface area contributed by atoms with Gasteiger partial charge in [-0.2, -0.15) is 0 Å². The highest BCUT2D eigenvalue weighted by molar-refractivity contribution is 7.10. The van der Waals surface area contributed by atoms with Gasteiger partial charge in [0, 0.05) is 17.5 Å². The van der Waals surface area contributed by atoms with Crippen LogP contribution in [0.15, 0.2) is 35.7 Å². The lowest BCUT2D eigenvalue weighted by molar-refractivity contribution is 0.0575. The van der Waals surface area contributed by atoms with E-state index >= 15 is 0 Å². The molecule has 1 aromatic carbocycles. The van der Waals surface area contributed by atoms with Gasteiger partial charge in [0.05, 0.1) is 0 Å². The molecule has 0 saturated carbocycles. The van der Waals surface area contributed by atoms with Gasteiger partial charge in [0.1, 0.15) is 11.4 Å². The maximum absolute atomic E-state index is 13.4. The van der Waals surface area contributed by atoms with Crippen LogP contribution >= 0.6 is 11.3 Å². The van der Waals surface area contributed by atoms with E-state index < -0.39 is 5.60 Å². The summed E-state index contributed by atoms with van der Waals surface area (Å²) in [6.45, 7) is 2.28. The van der Waals surface area contributed by atoms with Crippen LogP contribution in [0.3, 0.4) is 0 Å². The van der Waals surface area contributed by atoms with Crippen LogP contribution in [0.4, 0.5) is 4.39 Å². The minimum absolute atomic E-state index is 0.132. The second-order valence-electron chi connectivity index (χ2n) is 5.57. The van der Waals surface area contributed by atoms with Crippen LogP contribution < -0.4 is 5.32 Å². The van der Waals surface area contributed by atoms with Crippen molar-refractivity contribution in [3.8, 4) is 0 Å². The number of nitrogens with one attached hydrogen (secondary N) is 1. The number of thiophene rings is 1. The fraction of sp³-hybridized carbons (Fsp3) is 0.375. The molecule has 3 rings (SSSR count). The summed E-state index contributed by atoms with van der Waals surface area (Å²) >= 11 is 1.55.